The molecule has 0 radical (unpaired) electrons. The highest BCUT2D eigenvalue weighted by molar-refractivity contribution is 6.74. The first-order valence-electron chi connectivity index (χ1n) is 6.34. The summed E-state index contributed by atoms with van der Waals surface area (Å²) in [7, 11) is -1.69. The third-order valence-electron chi connectivity index (χ3n) is 3.86. The summed E-state index contributed by atoms with van der Waals surface area (Å²) in [6, 6.07) is 0. The van der Waals surface area contributed by atoms with Gasteiger partial charge in [0.15, 0.2) is 8.32 Å². The van der Waals surface area contributed by atoms with Crippen molar-refractivity contribution in [1.82, 2.24) is 0 Å². The number of carbonyl (C=O) groups is 1. The van der Waals surface area contributed by atoms with E-state index in [1.54, 1.807) is 6.92 Å². The summed E-state index contributed by atoms with van der Waals surface area (Å²) in [5.74, 6) is 1.93. The molecule has 3 heteroatoms. The van der Waals surface area contributed by atoms with Crippen molar-refractivity contribution in [3.63, 3.8) is 0 Å². The average Bonchev–Trinajstić information content (AvgIpc) is 2.24. The van der Waals surface area contributed by atoms with Crippen LogP contribution < -0.4 is 0 Å². The topological polar surface area (TPSA) is 26.3 Å². The standard InChI is InChI=1S/C15H26O2Si/c1-9-14(16)13(3)12(2)10-11-17-18(7,8)15(4,5)6/h1H,10-11H2,2-8H3/b13-12-. The minimum atomic E-state index is -1.69. The zero-order valence-corrected chi connectivity index (χ0v) is 13.8. The SMILES string of the molecule is C#CC(=O)/C(C)=C(/C)CCO[Si](C)(C)C(C)(C)C. The van der Waals surface area contributed by atoms with E-state index in [2.05, 4.69) is 39.8 Å². The van der Waals surface area contributed by atoms with Crippen LogP contribution in [0.1, 0.15) is 41.0 Å². The Labute approximate surface area is 113 Å². The van der Waals surface area contributed by atoms with Gasteiger partial charge in [0.05, 0.1) is 0 Å². The van der Waals surface area contributed by atoms with Gasteiger partial charge >= 0.3 is 0 Å². The predicted octanol–water partition coefficient (Wildman–Crippen LogP) is 3.94. The molecule has 102 valence electrons. The molecule has 0 N–H and O–H groups in total. The molecule has 0 aromatic carbocycles. The van der Waals surface area contributed by atoms with Crippen LogP contribution in [0.4, 0.5) is 0 Å². The average molecular weight is 266 g/mol. The zero-order chi connectivity index (χ0) is 14.6. The summed E-state index contributed by atoms with van der Waals surface area (Å²) in [5, 5.41) is 0.217. The molecule has 0 fully saturated rings. The van der Waals surface area contributed by atoms with Crippen LogP contribution in [-0.4, -0.2) is 20.7 Å². The van der Waals surface area contributed by atoms with Crippen LogP contribution in [0.3, 0.4) is 0 Å². The number of ketones is 1. The van der Waals surface area contributed by atoms with E-state index in [9.17, 15) is 4.79 Å². The first-order valence-corrected chi connectivity index (χ1v) is 9.25. The molecular formula is C15H26O2Si. The maximum absolute atomic E-state index is 11.3. The Kier molecular flexibility index (Phi) is 6.05. The lowest BCUT2D eigenvalue weighted by Gasteiger charge is -2.36. The fraction of sp³-hybridized carbons (Fsp3) is 0.667. The van der Waals surface area contributed by atoms with E-state index in [0.717, 1.165) is 12.0 Å². The van der Waals surface area contributed by atoms with Gasteiger partial charge in [-0.15, -0.1) is 6.42 Å². The van der Waals surface area contributed by atoms with Gasteiger partial charge in [-0.25, -0.2) is 0 Å². The van der Waals surface area contributed by atoms with Gasteiger partial charge in [-0.1, -0.05) is 26.3 Å². The second-order valence-corrected chi connectivity index (χ2v) is 11.0. The van der Waals surface area contributed by atoms with E-state index in [1.807, 2.05) is 6.92 Å². The van der Waals surface area contributed by atoms with Crippen LogP contribution in [0.2, 0.25) is 18.1 Å². The molecule has 0 aliphatic rings. The van der Waals surface area contributed by atoms with E-state index in [0.29, 0.717) is 12.2 Å². The van der Waals surface area contributed by atoms with E-state index in [1.165, 1.54) is 0 Å². The number of hydrogen-bond donors (Lipinski definition) is 0. The van der Waals surface area contributed by atoms with Crippen molar-refractivity contribution >= 4 is 14.1 Å². The number of allylic oxidation sites excluding steroid dienone is 1. The molecular weight excluding hydrogens is 240 g/mol. The predicted molar refractivity (Wildman–Crippen MR) is 80.0 cm³/mol. The lowest BCUT2D eigenvalue weighted by Crippen LogP contribution is -2.41. The Bertz CT molecular complexity index is 378. The van der Waals surface area contributed by atoms with Crippen LogP contribution in [0.5, 0.6) is 0 Å². The van der Waals surface area contributed by atoms with Gasteiger partial charge in [0.25, 0.3) is 0 Å². The number of carbonyl (C=O) groups excluding carboxylic acids is 1. The van der Waals surface area contributed by atoms with Crippen molar-refractivity contribution in [3.05, 3.63) is 11.1 Å². The lowest BCUT2D eigenvalue weighted by atomic mass is 10.1. The van der Waals surface area contributed by atoms with Crippen LogP contribution >= 0.6 is 0 Å². The molecule has 18 heavy (non-hydrogen) atoms. The van der Waals surface area contributed by atoms with Gasteiger partial charge in [0.1, 0.15) is 0 Å². The molecule has 0 heterocycles. The minimum absolute atomic E-state index is 0.217. The molecule has 0 bridgehead atoms. The van der Waals surface area contributed by atoms with E-state index in [-0.39, 0.29) is 10.8 Å². The van der Waals surface area contributed by atoms with Crippen molar-refractivity contribution in [1.29, 1.82) is 0 Å². The maximum Gasteiger partial charge on any atom is 0.231 e. The largest absolute Gasteiger partial charge is 0.417 e. The third kappa shape index (κ3) is 4.79. The molecule has 0 rings (SSSR count). The van der Waals surface area contributed by atoms with Crippen molar-refractivity contribution in [2.75, 3.05) is 6.61 Å². The number of Topliss-reactive ketones (excluding diaryl/α,β-unsaturated/α-hetero) is 1. The molecule has 0 aromatic heterocycles. The molecule has 0 aromatic rings. The van der Waals surface area contributed by atoms with Crippen molar-refractivity contribution < 1.29 is 9.22 Å². The Balaban J connectivity index is 4.47. The first kappa shape index (κ1) is 17.1. The highest BCUT2D eigenvalue weighted by Crippen LogP contribution is 2.36. The van der Waals surface area contributed by atoms with Gasteiger partial charge in [0.2, 0.25) is 5.78 Å². The molecule has 2 nitrogen and oxygen atoms in total. The maximum atomic E-state index is 11.3. The number of terminal acetylenes is 1. The molecule has 0 unspecified atom stereocenters. The molecule has 0 spiro atoms. The first-order chi connectivity index (χ1) is 8.03. The quantitative estimate of drug-likeness (QED) is 0.326. The zero-order valence-electron chi connectivity index (χ0n) is 12.8. The van der Waals surface area contributed by atoms with Gasteiger partial charge in [-0.2, -0.15) is 0 Å². The normalized spacial score (nSPS) is 13.9. The summed E-state index contributed by atoms with van der Waals surface area (Å²) in [6.45, 7) is 15.5. The van der Waals surface area contributed by atoms with Gasteiger partial charge in [0, 0.05) is 12.2 Å². The van der Waals surface area contributed by atoms with E-state index < -0.39 is 8.32 Å². The summed E-state index contributed by atoms with van der Waals surface area (Å²) < 4.78 is 6.07. The molecule has 0 saturated carbocycles. The monoisotopic (exact) mass is 266 g/mol. The van der Waals surface area contributed by atoms with E-state index >= 15 is 0 Å². The lowest BCUT2D eigenvalue weighted by molar-refractivity contribution is -0.110. The fourth-order valence-electron chi connectivity index (χ4n) is 1.17. The van der Waals surface area contributed by atoms with Gasteiger partial charge < -0.3 is 4.43 Å². The Morgan fingerprint density at radius 1 is 1.28 bits per heavy atom. The second-order valence-electron chi connectivity index (χ2n) is 6.24. The minimum Gasteiger partial charge on any atom is -0.417 e. The van der Waals surface area contributed by atoms with Crippen molar-refractivity contribution in [2.45, 2.75) is 59.2 Å². The molecule has 0 saturated heterocycles. The smallest absolute Gasteiger partial charge is 0.231 e. The summed E-state index contributed by atoms with van der Waals surface area (Å²) in [4.78, 5) is 11.3. The van der Waals surface area contributed by atoms with Crippen molar-refractivity contribution in [2.24, 2.45) is 0 Å². The second kappa shape index (κ2) is 6.35. The Hall–Kier alpha value is -0.853. The number of hydrogen-bond acceptors (Lipinski definition) is 2. The molecule has 0 atom stereocenters. The molecule has 0 aliphatic carbocycles. The highest BCUT2D eigenvalue weighted by Gasteiger charge is 2.36. The number of rotatable bonds is 5. The summed E-state index contributed by atoms with van der Waals surface area (Å²) in [5.41, 5.74) is 1.70. The van der Waals surface area contributed by atoms with Gasteiger partial charge in [-0.05, 0) is 44.3 Å². The van der Waals surface area contributed by atoms with Crippen LogP contribution in [0.25, 0.3) is 0 Å². The Morgan fingerprint density at radius 3 is 2.17 bits per heavy atom. The van der Waals surface area contributed by atoms with Crippen LogP contribution in [0.15, 0.2) is 11.1 Å². The van der Waals surface area contributed by atoms with Gasteiger partial charge in [-0.3, -0.25) is 4.79 Å². The van der Waals surface area contributed by atoms with Crippen LogP contribution in [0, 0.1) is 12.3 Å². The molecule has 0 amide bonds. The van der Waals surface area contributed by atoms with Crippen LogP contribution in [-0.2, 0) is 9.22 Å². The molecule has 0 aliphatic heterocycles. The summed E-state index contributed by atoms with van der Waals surface area (Å²) >= 11 is 0. The third-order valence-corrected chi connectivity index (χ3v) is 8.40. The summed E-state index contributed by atoms with van der Waals surface area (Å²) in [6.07, 6.45) is 5.88. The Morgan fingerprint density at radius 2 is 1.78 bits per heavy atom. The van der Waals surface area contributed by atoms with Crippen molar-refractivity contribution in [3.8, 4) is 12.3 Å². The fourth-order valence-corrected chi connectivity index (χ4v) is 2.21. The highest BCUT2D eigenvalue weighted by atomic mass is 28.4. The van der Waals surface area contributed by atoms with E-state index in [4.69, 9.17) is 10.8 Å².